The topological polar surface area (TPSA) is 29.5 Å². The van der Waals surface area contributed by atoms with Crippen LogP contribution in [0.1, 0.15) is 19.4 Å². The minimum Gasteiger partial charge on any atom is -0.390 e. The summed E-state index contributed by atoms with van der Waals surface area (Å²) in [6, 6.07) is 7.54. The molecule has 0 aromatic heterocycles. The van der Waals surface area contributed by atoms with Crippen molar-refractivity contribution in [1.82, 2.24) is 0 Å². The van der Waals surface area contributed by atoms with Gasteiger partial charge in [0.2, 0.25) is 0 Å². The van der Waals surface area contributed by atoms with Gasteiger partial charge in [-0.05, 0) is 25.5 Å². The second kappa shape index (κ2) is 6.11. The van der Waals surface area contributed by atoms with Crippen LogP contribution in [0.2, 0.25) is 5.02 Å². The Morgan fingerprint density at radius 1 is 1.33 bits per heavy atom. The molecule has 0 fully saturated rings. The van der Waals surface area contributed by atoms with Crippen molar-refractivity contribution in [2.75, 3.05) is 6.61 Å². The fourth-order valence-corrected chi connectivity index (χ4v) is 1.49. The lowest BCUT2D eigenvalue weighted by Crippen LogP contribution is -2.20. The molecular weight excluding hydrogens is 212 g/mol. The van der Waals surface area contributed by atoms with Gasteiger partial charge in [0.05, 0.1) is 18.8 Å². The summed E-state index contributed by atoms with van der Waals surface area (Å²) in [5, 5.41) is 10.4. The molecule has 1 aromatic rings. The van der Waals surface area contributed by atoms with Crippen molar-refractivity contribution < 1.29 is 9.84 Å². The van der Waals surface area contributed by atoms with Crippen LogP contribution in [-0.2, 0) is 11.2 Å². The van der Waals surface area contributed by atoms with Gasteiger partial charge in [0.1, 0.15) is 0 Å². The summed E-state index contributed by atoms with van der Waals surface area (Å²) in [5.41, 5.74) is 0.957. The van der Waals surface area contributed by atoms with Crippen molar-refractivity contribution in [2.45, 2.75) is 32.5 Å². The molecule has 0 spiro atoms. The Labute approximate surface area is 95.8 Å². The second-order valence-electron chi connectivity index (χ2n) is 3.83. The molecular formula is C12H17ClO2. The van der Waals surface area contributed by atoms with E-state index in [2.05, 4.69) is 0 Å². The summed E-state index contributed by atoms with van der Waals surface area (Å²) in [6.45, 7) is 4.24. The van der Waals surface area contributed by atoms with E-state index >= 15 is 0 Å². The first kappa shape index (κ1) is 12.5. The van der Waals surface area contributed by atoms with E-state index < -0.39 is 6.10 Å². The van der Waals surface area contributed by atoms with Gasteiger partial charge in [-0.25, -0.2) is 0 Å². The highest BCUT2D eigenvalue weighted by atomic mass is 35.5. The Bertz CT molecular complexity index is 299. The third-order valence-electron chi connectivity index (χ3n) is 2.04. The van der Waals surface area contributed by atoms with Crippen LogP contribution in [0.25, 0.3) is 0 Å². The average Bonchev–Trinajstić information content (AvgIpc) is 2.18. The summed E-state index contributed by atoms with van der Waals surface area (Å²) in [4.78, 5) is 0. The molecule has 0 aliphatic carbocycles. The average molecular weight is 229 g/mol. The number of halogens is 1. The van der Waals surface area contributed by atoms with Crippen LogP contribution in [0.5, 0.6) is 0 Å². The summed E-state index contributed by atoms with van der Waals surface area (Å²) >= 11 is 5.98. The minimum atomic E-state index is -0.493. The van der Waals surface area contributed by atoms with Gasteiger partial charge in [-0.2, -0.15) is 0 Å². The van der Waals surface area contributed by atoms with Crippen molar-refractivity contribution in [3.63, 3.8) is 0 Å². The van der Waals surface area contributed by atoms with Crippen LogP contribution in [0.15, 0.2) is 24.3 Å². The molecule has 0 amide bonds. The monoisotopic (exact) mass is 228 g/mol. The highest BCUT2D eigenvalue weighted by Gasteiger charge is 2.08. The fraction of sp³-hybridized carbons (Fsp3) is 0.500. The third kappa shape index (κ3) is 4.65. The Kier molecular flexibility index (Phi) is 5.09. The summed E-state index contributed by atoms with van der Waals surface area (Å²) in [6.07, 6.45) is 0.185. The highest BCUT2D eigenvalue weighted by Crippen LogP contribution is 2.16. The van der Waals surface area contributed by atoms with E-state index in [4.69, 9.17) is 16.3 Å². The molecule has 0 saturated carbocycles. The molecule has 1 atom stereocenters. The maximum Gasteiger partial charge on any atom is 0.0814 e. The maximum absolute atomic E-state index is 9.69. The van der Waals surface area contributed by atoms with Gasteiger partial charge in [0, 0.05) is 11.4 Å². The minimum absolute atomic E-state index is 0.144. The number of hydrogen-bond donors (Lipinski definition) is 1. The normalized spacial score (nSPS) is 13.1. The Balaban J connectivity index is 2.44. The molecule has 0 heterocycles. The maximum atomic E-state index is 9.69. The lowest BCUT2D eigenvalue weighted by atomic mass is 10.1. The first-order chi connectivity index (χ1) is 7.09. The third-order valence-corrected chi connectivity index (χ3v) is 2.40. The van der Waals surface area contributed by atoms with Gasteiger partial charge < -0.3 is 9.84 Å². The van der Waals surface area contributed by atoms with Crippen LogP contribution >= 0.6 is 11.6 Å². The predicted molar refractivity (Wildman–Crippen MR) is 62.3 cm³/mol. The molecule has 1 N–H and O–H groups in total. The van der Waals surface area contributed by atoms with E-state index in [9.17, 15) is 5.11 Å². The van der Waals surface area contributed by atoms with Gasteiger partial charge in [-0.15, -0.1) is 0 Å². The van der Waals surface area contributed by atoms with Gasteiger partial charge in [0.25, 0.3) is 0 Å². The van der Waals surface area contributed by atoms with Crippen LogP contribution in [0.3, 0.4) is 0 Å². The SMILES string of the molecule is CC(C)OCC(O)Cc1ccccc1Cl. The number of ether oxygens (including phenoxy) is 1. The lowest BCUT2D eigenvalue weighted by molar-refractivity contribution is 0.00622. The molecule has 2 nitrogen and oxygen atoms in total. The van der Waals surface area contributed by atoms with Crippen LogP contribution in [0, 0.1) is 0 Å². The molecule has 1 aromatic carbocycles. The Morgan fingerprint density at radius 2 is 2.00 bits per heavy atom. The number of hydrogen-bond acceptors (Lipinski definition) is 2. The van der Waals surface area contributed by atoms with Crippen LogP contribution in [-0.4, -0.2) is 23.9 Å². The highest BCUT2D eigenvalue weighted by molar-refractivity contribution is 6.31. The van der Waals surface area contributed by atoms with E-state index in [1.54, 1.807) is 0 Å². The largest absolute Gasteiger partial charge is 0.390 e. The lowest BCUT2D eigenvalue weighted by Gasteiger charge is -2.14. The van der Waals surface area contributed by atoms with E-state index in [0.29, 0.717) is 18.1 Å². The van der Waals surface area contributed by atoms with Crippen molar-refractivity contribution in [3.8, 4) is 0 Å². The van der Waals surface area contributed by atoms with Crippen LogP contribution in [0.4, 0.5) is 0 Å². The van der Waals surface area contributed by atoms with Crippen molar-refractivity contribution in [2.24, 2.45) is 0 Å². The van der Waals surface area contributed by atoms with Gasteiger partial charge in [-0.1, -0.05) is 29.8 Å². The number of rotatable bonds is 5. The van der Waals surface area contributed by atoms with Crippen LogP contribution < -0.4 is 0 Å². The number of aliphatic hydroxyl groups is 1. The zero-order valence-electron chi connectivity index (χ0n) is 9.11. The quantitative estimate of drug-likeness (QED) is 0.840. The van der Waals surface area contributed by atoms with Crippen molar-refractivity contribution >= 4 is 11.6 Å². The summed E-state index contributed by atoms with van der Waals surface area (Å²) in [5.74, 6) is 0. The van der Waals surface area contributed by atoms with E-state index in [-0.39, 0.29) is 6.10 Å². The number of aliphatic hydroxyl groups excluding tert-OH is 1. The van der Waals surface area contributed by atoms with Gasteiger partial charge in [-0.3, -0.25) is 0 Å². The molecule has 0 aliphatic rings. The van der Waals surface area contributed by atoms with Gasteiger partial charge >= 0.3 is 0 Å². The zero-order valence-corrected chi connectivity index (χ0v) is 9.87. The molecule has 0 saturated heterocycles. The molecule has 0 aliphatic heterocycles. The molecule has 1 rings (SSSR count). The number of benzene rings is 1. The molecule has 84 valence electrons. The van der Waals surface area contributed by atoms with Gasteiger partial charge in [0.15, 0.2) is 0 Å². The molecule has 0 radical (unpaired) electrons. The van der Waals surface area contributed by atoms with Crippen molar-refractivity contribution in [1.29, 1.82) is 0 Å². The van der Waals surface area contributed by atoms with E-state index in [0.717, 1.165) is 5.56 Å². The Morgan fingerprint density at radius 3 is 2.60 bits per heavy atom. The van der Waals surface area contributed by atoms with E-state index in [1.165, 1.54) is 0 Å². The smallest absolute Gasteiger partial charge is 0.0814 e. The molecule has 1 unspecified atom stereocenters. The standard InChI is InChI=1S/C12H17ClO2/c1-9(2)15-8-11(14)7-10-5-3-4-6-12(10)13/h3-6,9,11,14H,7-8H2,1-2H3. The molecule has 0 bridgehead atoms. The second-order valence-corrected chi connectivity index (χ2v) is 4.24. The van der Waals surface area contributed by atoms with Crippen molar-refractivity contribution in [3.05, 3.63) is 34.9 Å². The van der Waals surface area contributed by atoms with E-state index in [1.807, 2.05) is 38.1 Å². The molecule has 3 heteroatoms. The first-order valence-corrected chi connectivity index (χ1v) is 5.50. The first-order valence-electron chi connectivity index (χ1n) is 5.12. The predicted octanol–water partition coefficient (Wildman–Crippen LogP) is 2.67. The Hall–Kier alpha value is -0.570. The molecule has 15 heavy (non-hydrogen) atoms. The fourth-order valence-electron chi connectivity index (χ4n) is 1.28. The summed E-state index contributed by atoms with van der Waals surface area (Å²) in [7, 11) is 0. The zero-order chi connectivity index (χ0) is 11.3. The summed E-state index contributed by atoms with van der Waals surface area (Å²) < 4.78 is 5.32.